The maximum atomic E-state index is 15.0. The lowest BCUT2D eigenvalue weighted by molar-refractivity contribution is -0.132. The standard InChI is InChI=1S/C25H15Cl2FN4O3S2/c26-15-6-5-14(17(27)11-15)12-36-25-31-30-24(37-25)32-20(16-3-1-2-4-18(16)28)19(22(34)23(32)35)21(33)13-7-9-29-10-8-13/h1-11,20,33H,12H2/b21-19+. The minimum Gasteiger partial charge on any atom is -0.507 e. The van der Waals surface area contributed by atoms with Crippen LogP contribution in [0.4, 0.5) is 9.52 Å². The molecule has 7 nitrogen and oxygen atoms in total. The Kier molecular flexibility index (Phi) is 7.25. The van der Waals surface area contributed by atoms with Gasteiger partial charge in [-0.25, -0.2) is 4.39 Å². The third-order valence-electron chi connectivity index (χ3n) is 5.57. The van der Waals surface area contributed by atoms with E-state index in [9.17, 15) is 19.1 Å². The molecule has 5 rings (SSSR count). The van der Waals surface area contributed by atoms with Crippen molar-refractivity contribution < 1.29 is 19.1 Å². The van der Waals surface area contributed by atoms with E-state index in [1.165, 1.54) is 54.5 Å². The summed E-state index contributed by atoms with van der Waals surface area (Å²) in [6.45, 7) is 0. The Morgan fingerprint density at radius 3 is 2.57 bits per heavy atom. The highest BCUT2D eigenvalue weighted by atomic mass is 35.5. The quantitative estimate of drug-likeness (QED) is 0.0951. The number of nitrogens with zero attached hydrogens (tertiary/aromatic N) is 4. The zero-order valence-corrected chi connectivity index (χ0v) is 21.8. The Balaban J connectivity index is 1.54. The summed E-state index contributed by atoms with van der Waals surface area (Å²) >= 11 is 14.6. The van der Waals surface area contributed by atoms with Crippen LogP contribution in [0.5, 0.6) is 0 Å². The molecule has 1 saturated heterocycles. The second-order valence-electron chi connectivity index (χ2n) is 7.80. The largest absolute Gasteiger partial charge is 0.507 e. The number of anilines is 1. The zero-order valence-electron chi connectivity index (χ0n) is 18.6. The van der Waals surface area contributed by atoms with Crippen molar-refractivity contribution in [2.24, 2.45) is 0 Å². The van der Waals surface area contributed by atoms with Crippen LogP contribution < -0.4 is 4.90 Å². The predicted octanol–water partition coefficient (Wildman–Crippen LogP) is 6.30. The molecule has 37 heavy (non-hydrogen) atoms. The number of aliphatic hydroxyl groups excluding tert-OH is 1. The van der Waals surface area contributed by atoms with Gasteiger partial charge >= 0.3 is 5.91 Å². The summed E-state index contributed by atoms with van der Waals surface area (Å²) in [7, 11) is 0. The lowest BCUT2D eigenvalue weighted by Gasteiger charge is -2.22. The monoisotopic (exact) mass is 572 g/mol. The van der Waals surface area contributed by atoms with Crippen LogP contribution in [0.1, 0.15) is 22.7 Å². The lowest BCUT2D eigenvalue weighted by Crippen LogP contribution is -2.29. The van der Waals surface area contributed by atoms with E-state index >= 15 is 0 Å². The predicted molar refractivity (Wildman–Crippen MR) is 141 cm³/mol. The zero-order chi connectivity index (χ0) is 26.1. The molecule has 186 valence electrons. The van der Waals surface area contributed by atoms with Crippen LogP contribution in [0.3, 0.4) is 0 Å². The Labute approximate surface area is 228 Å². The van der Waals surface area contributed by atoms with Gasteiger partial charge in [-0.05, 0) is 35.9 Å². The fraction of sp³-hybridized carbons (Fsp3) is 0.0800. The maximum Gasteiger partial charge on any atom is 0.301 e. The first-order valence-electron chi connectivity index (χ1n) is 10.7. The van der Waals surface area contributed by atoms with Crippen molar-refractivity contribution >= 4 is 68.9 Å². The Bertz CT molecular complexity index is 1550. The molecule has 2 aromatic heterocycles. The summed E-state index contributed by atoms with van der Waals surface area (Å²) in [5, 5.41) is 20.4. The number of amides is 1. The van der Waals surface area contributed by atoms with Crippen molar-refractivity contribution in [3.05, 3.63) is 105 Å². The van der Waals surface area contributed by atoms with Crippen LogP contribution in [-0.2, 0) is 15.3 Å². The first-order valence-corrected chi connectivity index (χ1v) is 13.3. The second kappa shape index (κ2) is 10.6. The number of aliphatic hydroxyl groups is 1. The third kappa shape index (κ3) is 4.97. The van der Waals surface area contributed by atoms with Gasteiger partial charge in [-0.1, -0.05) is 70.6 Å². The van der Waals surface area contributed by atoms with Crippen molar-refractivity contribution in [1.82, 2.24) is 15.2 Å². The molecule has 0 radical (unpaired) electrons. The van der Waals surface area contributed by atoms with E-state index in [1.807, 2.05) is 0 Å². The average Bonchev–Trinajstić information content (AvgIpc) is 3.46. The summed E-state index contributed by atoms with van der Waals surface area (Å²) < 4.78 is 15.5. The van der Waals surface area contributed by atoms with Gasteiger partial charge in [0.2, 0.25) is 5.13 Å². The number of carbonyl (C=O) groups is 2. The number of rotatable bonds is 6. The number of aromatic nitrogens is 3. The van der Waals surface area contributed by atoms with E-state index in [-0.39, 0.29) is 21.8 Å². The van der Waals surface area contributed by atoms with Crippen LogP contribution in [0.2, 0.25) is 10.0 Å². The minimum absolute atomic E-state index is 0.0367. The van der Waals surface area contributed by atoms with E-state index in [0.29, 0.717) is 20.1 Å². The molecule has 1 atom stereocenters. The van der Waals surface area contributed by atoms with E-state index < -0.39 is 29.3 Å². The molecule has 1 N–H and O–H groups in total. The number of halogens is 3. The van der Waals surface area contributed by atoms with Crippen LogP contribution in [0, 0.1) is 5.82 Å². The number of hydrogen-bond donors (Lipinski definition) is 1. The number of ketones is 1. The minimum atomic E-state index is -1.24. The van der Waals surface area contributed by atoms with E-state index in [2.05, 4.69) is 15.2 Å². The Morgan fingerprint density at radius 1 is 1.08 bits per heavy atom. The Morgan fingerprint density at radius 2 is 1.84 bits per heavy atom. The molecular weight excluding hydrogens is 558 g/mol. The van der Waals surface area contributed by atoms with Gasteiger partial charge in [-0.2, -0.15) is 0 Å². The fourth-order valence-electron chi connectivity index (χ4n) is 3.82. The first kappa shape index (κ1) is 25.3. The van der Waals surface area contributed by atoms with E-state index in [0.717, 1.165) is 21.8 Å². The fourth-order valence-corrected chi connectivity index (χ4v) is 6.25. The van der Waals surface area contributed by atoms with Crippen molar-refractivity contribution in [2.45, 2.75) is 16.1 Å². The highest BCUT2D eigenvalue weighted by Gasteiger charge is 2.49. The summed E-state index contributed by atoms with van der Waals surface area (Å²) in [6.07, 6.45) is 2.87. The summed E-state index contributed by atoms with van der Waals surface area (Å²) in [5.74, 6) is -2.52. The molecule has 1 aliphatic rings. The van der Waals surface area contributed by atoms with Gasteiger partial charge in [0.15, 0.2) is 4.34 Å². The van der Waals surface area contributed by atoms with Crippen molar-refractivity contribution in [3.63, 3.8) is 0 Å². The first-order chi connectivity index (χ1) is 17.8. The molecule has 1 fully saturated rings. The molecule has 0 saturated carbocycles. The highest BCUT2D eigenvalue weighted by Crippen LogP contribution is 2.44. The normalized spacial score (nSPS) is 16.9. The summed E-state index contributed by atoms with van der Waals surface area (Å²) in [6, 6.07) is 12.7. The third-order valence-corrected chi connectivity index (χ3v) is 8.26. The number of thioether (sulfide) groups is 1. The number of carbonyl (C=O) groups excluding carboxylic acids is 2. The average molecular weight is 573 g/mol. The lowest BCUT2D eigenvalue weighted by atomic mass is 9.95. The SMILES string of the molecule is O=C1C(=O)N(c2nnc(SCc3ccc(Cl)cc3Cl)s2)C(c2ccccc2F)/C1=C(\O)c1ccncc1. The summed E-state index contributed by atoms with van der Waals surface area (Å²) in [4.78, 5) is 31.3. The molecule has 0 bridgehead atoms. The molecule has 1 amide bonds. The van der Waals surface area contributed by atoms with Crippen LogP contribution in [0.25, 0.3) is 5.76 Å². The van der Waals surface area contributed by atoms with Gasteiger partial charge in [-0.3, -0.25) is 19.5 Å². The molecular formula is C25H15Cl2FN4O3S2. The summed E-state index contributed by atoms with van der Waals surface area (Å²) in [5.41, 5.74) is 0.882. The Hall–Kier alpha value is -3.31. The molecule has 2 aromatic carbocycles. The molecule has 3 heterocycles. The smallest absolute Gasteiger partial charge is 0.301 e. The molecule has 0 aliphatic carbocycles. The van der Waals surface area contributed by atoms with Crippen molar-refractivity contribution in [2.75, 3.05) is 4.90 Å². The number of Topliss-reactive ketones (excluding diaryl/α,β-unsaturated/α-hetero) is 1. The van der Waals surface area contributed by atoms with Gasteiger partial charge < -0.3 is 5.11 Å². The van der Waals surface area contributed by atoms with Crippen molar-refractivity contribution in [1.29, 1.82) is 0 Å². The van der Waals surface area contributed by atoms with Gasteiger partial charge in [0, 0.05) is 39.3 Å². The molecule has 4 aromatic rings. The van der Waals surface area contributed by atoms with Gasteiger partial charge in [0.1, 0.15) is 17.6 Å². The van der Waals surface area contributed by atoms with Crippen LogP contribution in [0.15, 0.2) is 76.9 Å². The van der Waals surface area contributed by atoms with Gasteiger partial charge in [-0.15, -0.1) is 10.2 Å². The molecule has 1 aliphatic heterocycles. The highest BCUT2D eigenvalue weighted by molar-refractivity contribution is 8.00. The van der Waals surface area contributed by atoms with E-state index in [1.54, 1.807) is 24.3 Å². The van der Waals surface area contributed by atoms with Crippen LogP contribution in [-0.4, -0.2) is 32.0 Å². The molecule has 12 heteroatoms. The van der Waals surface area contributed by atoms with Crippen LogP contribution >= 0.6 is 46.3 Å². The van der Waals surface area contributed by atoms with Gasteiger partial charge in [0.05, 0.1) is 5.57 Å². The number of pyridine rings is 1. The number of benzene rings is 2. The molecule has 0 spiro atoms. The van der Waals surface area contributed by atoms with Gasteiger partial charge in [0.25, 0.3) is 5.78 Å². The number of hydrogen-bond acceptors (Lipinski definition) is 8. The van der Waals surface area contributed by atoms with Crippen molar-refractivity contribution in [3.8, 4) is 0 Å². The topological polar surface area (TPSA) is 96.3 Å². The maximum absolute atomic E-state index is 15.0. The van der Waals surface area contributed by atoms with E-state index in [4.69, 9.17) is 23.2 Å². The molecule has 1 unspecified atom stereocenters. The second-order valence-corrected chi connectivity index (χ2v) is 10.8.